The van der Waals surface area contributed by atoms with Gasteiger partial charge < -0.3 is 29.8 Å². The number of hydrogen-bond acceptors (Lipinski definition) is 8. The molecule has 0 unspecified atom stereocenters. The standard InChI is InChI=1S/C17H15N3O2.C16H20N2O5/c1-10(21)19-13-5-4-11-8-17(9-12(11)7-13)14-3-2-6-18-15(14)20-16(17)22;1-10(9-21-2)18-15(19)12(8-17-16(18)20)11-6-5-7-13(22-3)14(11)23-4/h2-7H,8-9H2,1H3,(H,19,21)(H,18,20,22);5-8,10H,9H2,1-4H3,(H,17,20)/t17-;10-/m11/s1. The Kier molecular flexibility index (Phi) is 8.87. The highest BCUT2D eigenvalue weighted by molar-refractivity contribution is 6.06. The van der Waals surface area contributed by atoms with E-state index in [1.165, 1.54) is 34.4 Å². The Labute approximate surface area is 259 Å². The first-order valence-corrected chi connectivity index (χ1v) is 14.3. The van der Waals surface area contributed by atoms with Crippen molar-refractivity contribution in [1.29, 1.82) is 0 Å². The summed E-state index contributed by atoms with van der Waals surface area (Å²) >= 11 is 0. The smallest absolute Gasteiger partial charge is 0.328 e. The van der Waals surface area contributed by atoms with Gasteiger partial charge in [-0.1, -0.05) is 24.3 Å². The van der Waals surface area contributed by atoms with Crippen LogP contribution in [0.3, 0.4) is 0 Å². The van der Waals surface area contributed by atoms with Crippen molar-refractivity contribution in [3.05, 3.63) is 98.5 Å². The molecule has 45 heavy (non-hydrogen) atoms. The average molecular weight is 614 g/mol. The summed E-state index contributed by atoms with van der Waals surface area (Å²) in [5, 5.41) is 5.68. The Morgan fingerprint density at radius 2 is 1.80 bits per heavy atom. The number of fused-ring (bicyclic) bond motifs is 3. The number of anilines is 2. The number of benzene rings is 2. The number of aromatic amines is 1. The number of amides is 2. The lowest BCUT2D eigenvalue weighted by Gasteiger charge is -2.20. The molecule has 2 atom stereocenters. The van der Waals surface area contributed by atoms with Gasteiger partial charge in [0.2, 0.25) is 11.8 Å². The van der Waals surface area contributed by atoms with E-state index in [2.05, 4.69) is 20.6 Å². The van der Waals surface area contributed by atoms with Crippen molar-refractivity contribution in [2.45, 2.75) is 38.1 Å². The number of rotatable bonds is 7. The predicted octanol–water partition coefficient (Wildman–Crippen LogP) is 3.46. The molecule has 2 aromatic heterocycles. The fourth-order valence-corrected chi connectivity index (χ4v) is 6.04. The van der Waals surface area contributed by atoms with Crippen LogP contribution in [0.25, 0.3) is 11.1 Å². The van der Waals surface area contributed by atoms with Crippen LogP contribution in [-0.2, 0) is 32.6 Å². The van der Waals surface area contributed by atoms with Crippen molar-refractivity contribution in [3.63, 3.8) is 0 Å². The van der Waals surface area contributed by atoms with Crippen molar-refractivity contribution in [2.24, 2.45) is 0 Å². The summed E-state index contributed by atoms with van der Waals surface area (Å²) < 4.78 is 16.8. The molecule has 12 heteroatoms. The highest BCUT2D eigenvalue weighted by Crippen LogP contribution is 2.47. The summed E-state index contributed by atoms with van der Waals surface area (Å²) in [4.78, 5) is 55.4. The Morgan fingerprint density at radius 1 is 1.02 bits per heavy atom. The zero-order valence-electron chi connectivity index (χ0n) is 25.7. The monoisotopic (exact) mass is 613 g/mol. The third-order valence-electron chi connectivity index (χ3n) is 8.05. The van der Waals surface area contributed by atoms with E-state index >= 15 is 0 Å². The quantitative estimate of drug-likeness (QED) is 0.287. The molecular formula is C33H35N5O7. The highest BCUT2D eigenvalue weighted by Gasteiger charge is 2.51. The zero-order chi connectivity index (χ0) is 32.3. The van der Waals surface area contributed by atoms with E-state index in [0.29, 0.717) is 41.3 Å². The minimum atomic E-state index is -0.555. The first kappa shape index (κ1) is 31.2. The second-order valence-corrected chi connectivity index (χ2v) is 11.0. The number of H-pyrrole nitrogens is 1. The van der Waals surface area contributed by atoms with Crippen molar-refractivity contribution >= 4 is 23.3 Å². The molecule has 0 radical (unpaired) electrons. The van der Waals surface area contributed by atoms with Gasteiger partial charge in [0.05, 0.1) is 37.8 Å². The third-order valence-corrected chi connectivity index (χ3v) is 8.05. The van der Waals surface area contributed by atoms with Gasteiger partial charge in [0.1, 0.15) is 5.82 Å². The number of nitrogens with one attached hydrogen (secondary N) is 3. The molecule has 0 fully saturated rings. The molecule has 1 aliphatic heterocycles. The van der Waals surface area contributed by atoms with Gasteiger partial charge in [0.15, 0.2) is 11.5 Å². The number of methoxy groups -OCH3 is 3. The molecule has 3 N–H and O–H groups in total. The molecule has 1 spiro atoms. The number of nitrogens with zero attached hydrogens (tertiary/aromatic N) is 2. The van der Waals surface area contributed by atoms with E-state index in [9.17, 15) is 19.2 Å². The SMILES string of the molecule is CC(=O)Nc1ccc2c(c1)C[C@@]1(C2)C(=O)Nc2ncccc21.COC[C@@H](C)n1c(=O)[nH]cc(-c2cccc(OC)c2OC)c1=O. The summed E-state index contributed by atoms with van der Waals surface area (Å²) in [5.74, 6) is 1.53. The first-order chi connectivity index (χ1) is 21.6. The molecular weight excluding hydrogens is 578 g/mol. The van der Waals surface area contributed by atoms with Crippen molar-refractivity contribution in [1.82, 2.24) is 14.5 Å². The van der Waals surface area contributed by atoms with Gasteiger partial charge in [0, 0.05) is 43.2 Å². The number of pyridine rings is 1. The molecule has 234 valence electrons. The van der Waals surface area contributed by atoms with Gasteiger partial charge in [-0.05, 0) is 55.2 Å². The average Bonchev–Trinajstić information content (AvgIpc) is 3.53. The minimum Gasteiger partial charge on any atom is -0.493 e. The molecule has 1 aliphatic carbocycles. The molecule has 2 aromatic carbocycles. The minimum absolute atomic E-state index is 0.0125. The van der Waals surface area contributed by atoms with Crippen molar-refractivity contribution < 1.29 is 23.8 Å². The Bertz CT molecular complexity index is 1880. The Balaban J connectivity index is 0.000000178. The van der Waals surface area contributed by atoms with E-state index in [1.807, 2.05) is 30.3 Å². The van der Waals surface area contributed by atoms with Crippen LogP contribution in [0.4, 0.5) is 11.5 Å². The van der Waals surface area contributed by atoms with E-state index in [4.69, 9.17) is 14.2 Å². The number of ether oxygens (including phenoxy) is 3. The number of aromatic nitrogens is 3. The summed E-state index contributed by atoms with van der Waals surface area (Å²) in [5.41, 5.74) is 3.43. The van der Waals surface area contributed by atoms with Gasteiger partial charge in [0.25, 0.3) is 5.56 Å². The number of hydrogen-bond donors (Lipinski definition) is 3. The highest BCUT2D eigenvalue weighted by atomic mass is 16.5. The van der Waals surface area contributed by atoms with Crippen LogP contribution in [0.5, 0.6) is 11.5 Å². The van der Waals surface area contributed by atoms with Crippen LogP contribution in [0.2, 0.25) is 0 Å². The van der Waals surface area contributed by atoms with Gasteiger partial charge in [-0.25, -0.2) is 9.78 Å². The number of para-hydroxylation sites is 1. The van der Waals surface area contributed by atoms with Crippen LogP contribution in [0.15, 0.2) is 70.5 Å². The van der Waals surface area contributed by atoms with Crippen LogP contribution in [0, 0.1) is 0 Å². The molecule has 2 amide bonds. The summed E-state index contributed by atoms with van der Waals surface area (Å²) in [6.45, 7) is 3.48. The normalized spacial score (nSPS) is 16.6. The van der Waals surface area contributed by atoms with Gasteiger partial charge in [-0.2, -0.15) is 0 Å². The van der Waals surface area contributed by atoms with Crippen molar-refractivity contribution in [2.75, 3.05) is 38.6 Å². The lowest BCUT2D eigenvalue weighted by molar-refractivity contribution is -0.120. The Hall–Kier alpha value is -5.23. The van der Waals surface area contributed by atoms with Crippen LogP contribution in [-0.4, -0.2) is 54.3 Å². The maximum atomic E-state index is 12.8. The molecule has 4 aromatic rings. The topological polar surface area (TPSA) is 154 Å². The summed E-state index contributed by atoms with van der Waals surface area (Å²) in [6.07, 6.45) is 4.39. The lowest BCUT2D eigenvalue weighted by Crippen LogP contribution is -2.39. The molecule has 0 saturated carbocycles. The van der Waals surface area contributed by atoms with E-state index < -0.39 is 22.7 Å². The number of carbonyl (C=O) groups is 2. The lowest BCUT2D eigenvalue weighted by atomic mass is 9.79. The molecule has 2 aliphatic rings. The van der Waals surface area contributed by atoms with Gasteiger partial charge in [-0.15, -0.1) is 0 Å². The summed E-state index contributed by atoms with van der Waals surface area (Å²) in [6, 6.07) is 14.5. The Morgan fingerprint density at radius 3 is 2.51 bits per heavy atom. The van der Waals surface area contributed by atoms with Crippen LogP contribution >= 0.6 is 0 Å². The first-order valence-electron chi connectivity index (χ1n) is 14.3. The van der Waals surface area contributed by atoms with Crippen LogP contribution in [0.1, 0.15) is 36.6 Å². The van der Waals surface area contributed by atoms with Crippen LogP contribution < -0.4 is 31.4 Å². The van der Waals surface area contributed by atoms with E-state index in [0.717, 1.165) is 26.9 Å². The molecule has 6 rings (SSSR count). The van der Waals surface area contributed by atoms with E-state index in [-0.39, 0.29) is 18.4 Å². The molecule has 0 saturated heterocycles. The van der Waals surface area contributed by atoms with Gasteiger partial charge >= 0.3 is 5.69 Å². The largest absolute Gasteiger partial charge is 0.493 e. The predicted molar refractivity (Wildman–Crippen MR) is 169 cm³/mol. The van der Waals surface area contributed by atoms with Crippen molar-refractivity contribution in [3.8, 4) is 22.6 Å². The second kappa shape index (κ2) is 12.8. The maximum Gasteiger partial charge on any atom is 0.328 e. The number of carbonyl (C=O) groups excluding carboxylic acids is 2. The fraction of sp³-hybridized carbons (Fsp3) is 0.303. The van der Waals surface area contributed by atoms with E-state index in [1.54, 1.807) is 31.3 Å². The summed E-state index contributed by atoms with van der Waals surface area (Å²) in [7, 11) is 4.54. The van der Waals surface area contributed by atoms with Gasteiger partial charge in [-0.3, -0.25) is 19.0 Å². The maximum absolute atomic E-state index is 12.8. The zero-order valence-corrected chi connectivity index (χ0v) is 25.7. The molecule has 12 nitrogen and oxygen atoms in total. The second-order valence-electron chi connectivity index (χ2n) is 11.0. The fourth-order valence-electron chi connectivity index (χ4n) is 6.04. The third kappa shape index (κ3) is 5.84. The molecule has 0 bridgehead atoms. The molecule has 3 heterocycles.